The minimum absolute atomic E-state index is 0.00688. The number of guanidine groups is 1. The highest BCUT2D eigenvalue weighted by Gasteiger charge is 2.35. The van der Waals surface area contributed by atoms with Gasteiger partial charge in [-0.2, -0.15) is 0 Å². The van der Waals surface area contributed by atoms with E-state index in [-0.39, 0.29) is 29.5 Å². The van der Waals surface area contributed by atoms with Gasteiger partial charge in [0.2, 0.25) is 5.96 Å². The Morgan fingerprint density at radius 3 is 2.81 bits per heavy atom. The van der Waals surface area contributed by atoms with Gasteiger partial charge in [-0.05, 0) is 49.1 Å². The van der Waals surface area contributed by atoms with Crippen molar-refractivity contribution in [2.75, 3.05) is 24.5 Å². The van der Waals surface area contributed by atoms with Gasteiger partial charge in [-0.15, -0.1) is 0 Å². The third kappa shape index (κ3) is 3.97. The number of aliphatic imine (C=N–C) groups is 1. The Morgan fingerprint density at radius 2 is 2.06 bits per heavy atom. The van der Waals surface area contributed by atoms with Gasteiger partial charge < -0.3 is 11.1 Å². The molecule has 164 valence electrons. The number of hydrogen-bond acceptors (Lipinski definition) is 5. The molecule has 0 spiro atoms. The van der Waals surface area contributed by atoms with E-state index in [1.807, 2.05) is 38.1 Å². The van der Waals surface area contributed by atoms with Crippen molar-refractivity contribution in [2.45, 2.75) is 37.6 Å². The molecule has 0 radical (unpaired) electrons. The molecule has 2 aromatic rings. The highest BCUT2D eigenvalue weighted by Crippen LogP contribution is 2.33. The maximum absolute atomic E-state index is 13.3. The molecule has 0 saturated heterocycles. The molecule has 0 aliphatic carbocycles. The third-order valence-electron chi connectivity index (χ3n) is 5.62. The highest BCUT2D eigenvalue weighted by molar-refractivity contribution is 7.89. The number of anilines is 1. The molecule has 0 saturated carbocycles. The molecule has 0 aromatic heterocycles. The second-order valence-corrected chi connectivity index (χ2v) is 9.74. The predicted molar refractivity (Wildman–Crippen MR) is 121 cm³/mol. The van der Waals surface area contributed by atoms with Gasteiger partial charge in [-0.25, -0.2) is 22.5 Å². The lowest BCUT2D eigenvalue weighted by Crippen LogP contribution is -2.39. The number of rotatable bonds is 5. The third-order valence-corrected chi connectivity index (χ3v) is 7.38. The van der Waals surface area contributed by atoms with Crippen LogP contribution in [0.4, 0.5) is 10.5 Å². The Kier molecular flexibility index (Phi) is 5.62. The number of carbonyl (C=O) groups is 1. The van der Waals surface area contributed by atoms with E-state index in [2.05, 4.69) is 10.3 Å². The number of nitrogens with one attached hydrogen (secondary N) is 1. The quantitative estimate of drug-likeness (QED) is 0.743. The number of benzene rings is 2. The molecule has 2 heterocycles. The van der Waals surface area contributed by atoms with E-state index in [1.165, 1.54) is 10.4 Å². The Balaban J connectivity index is 1.56. The molecular formula is C22H27N5O3S. The van der Waals surface area contributed by atoms with Gasteiger partial charge in [-0.3, -0.25) is 4.90 Å². The van der Waals surface area contributed by atoms with E-state index in [0.29, 0.717) is 19.5 Å². The summed E-state index contributed by atoms with van der Waals surface area (Å²) < 4.78 is 27.8. The van der Waals surface area contributed by atoms with Crippen molar-refractivity contribution in [3.8, 4) is 0 Å². The molecule has 2 amide bonds. The van der Waals surface area contributed by atoms with Crippen molar-refractivity contribution >= 4 is 27.7 Å². The lowest BCUT2D eigenvalue weighted by Gasteiger charge is -2.20. The van der Waals surface area contributed by atoms with Crippen LogP contribution < -0.4 is 16.0 Å². The standard InChI is InChI=1S/C22H27N5O3S/c1-3-10-24-22(28)26-11-9-17-13-18(7-8-20(17)26)31(29,30)27-14-19(25-21(27)23)16-6-4-5-15(2)12-16/h4-8,12-13,19H,3,9-11,14H2,1-2H3,(H2,23,25)(H,24,28)/t19-/m1/s1. The summed E-state index contributed by atoms with van der Waals surface area (Å²) in [7, 11) is -3.85. The van der Waals surface area contributed by atoms with Crippen molar-refractivity contribution in [3.63, 3.8) is 0 Å². The first-order chi connectivity index (χ1) is 14.8. The van der Waals surface area contributed by atoms with Crippen LogP contribution in [0.5, 0.6) is 0 Å². The number of nitrogens with zero attached hydrogens (tertiary/aromatic N) is 3. The number of nitrogens with two attached hydrogens (primary N) is 1. The van der Waals surface area contributed by atoms with Crippen molar-refractivity contribution < 1.29 is 13.2 Å². The van der Waals surface area contributed by atoms with Gasteiger partial charge in [0.25, 0.3) is 10.0 Å². The SMILES string of the molecule is CCCNC(=O)N1CCc2cc(S(=O)(=O)N3C[C@H](c4cccc(C)c4)N=C3N)ccc21. The molecule has 2 aliphatic heterocycles. The monoisotopic (exact) mass is 441 g/mol. The zero-order valence-electron chi connectivity index (χ0n) is 17.7. The van der Waals surface area contributed by atoms with Crippen LogP contribution in [0, 0.1) is 6.92 Å². The summed E-state index contributed by atoms with van der Waals surface area (Å²) in [6.45, 7) is 5.27. The zero-order valence-corrected chi connectivity index (χ0v) is 18.5. The number of urea groups is 1. The summed E-state index contributed by atoms with van der Waals surface area (Å²) in [4.78, 5) is 18.6. The van der Waals surface area contributed by atoms with Gasteiger partial charge in [0.15, 0.2) is 0 Å². The van der Waals surface area contributed by atoms with Crippen molar-refractivity contribution in [2.24, 2.45) is 10.7 Å². The summed E-state index contributed by atoms with van der Waals surface area (Å²) in [5.74, 6) is -0.00688. The fourth-order valence-electron chi connectivity index (χ4n) is 4.00. The van der Waals surface area contributed by atoms with Crippen molar-refractivity contribution in [1.29, 1.82) is 0 Å². The second-order valence-electron chi connectivity index (χ2n) is 7.88. The molecule has 0 unspecified atom stereocenters. The Morgan fingerprint density at radius 1 is 1.26 bits per heavy atom. The van der Waals surface area contributed by atoms with Crippen LogP contribution in [0.25, 0.3) is 0 Å². The molecule has 8 nitrogen and oxygen atoms in total. The van der Waals surface area contributed by atoms with Crippen LogP contribution >= 0.6 is 0 Å². The maximum Gasteiger partial charge on any atom is 0.321 e. The van der Waals surface area contributed by atoms with E-state index in [0.717, 1.165) is 28.8 Å². The molecule has 1 atom stereocenters. The number of fused-ring (bicyclic) bond motifs is 1. The van der Waals surface area contributed by atoms with Gasteiger partial charge in [-0.1, -0.05) is 36.8 Å². The van der Waals surface area contributed by atoms with Gasteiger partial charge in [0.1, 0.15) is 0 Å². The summed E-state index contributed by atoms with van der Waals surface area (Å²) in [6, 6.07) is 12.2. The normalized spacial score (nSPS) is 18.1. The van der Waals surface area contributed by atoms with Crippen LogP contribution in [0.3, 0.4) is 0 Å². The lowest BCUT2D eigenvalue weighted by molar-refractivity contribution is 0.247. The average Bonchev–Trinajstić information content (AvgIpc) is 3.35. The zero-order chi connectivity index (χ0) is 22.2. The number of aryl methyl sites for hydroxylation is 1. The number of amides is 2. The molecule has 0 bridgehead atoms. The fraction of sp³-hybridized carbons (Fsp3) is 0.364. The minimum atomic E-state index is -3.85. The number of carbonyl (C=O) groups excluding carboxylic acids is 1. The van der Waals surface area contributed by atoms with E-state index in [1.54, 1.807) is 17.0 Å². The summed E-state index contributed by atoms with van der Waals surface area (Å²) >= 11 is 0. The first kappa shape index (κ1) is 21.2. The molecule has 4 rings (SSSR count). The van der Waals surface area contributed by atoms with Gasteiger partial charge in [0.05, 0.1) is 17.5 Å². The Hall–Kier alpha value is -3.07. The number of sulfonamides is 1. The van der Waals surface area contributed by atoms with E-state index < -0.39 is 10.0 Å². The predicted octanol–water partition coefficient (Wildman–Crippen LogP) is 2.54. The van der Waals surface area contributed by atoms with Gasteiger partial charge in [0, 0.05) is 18.8 Å². The minimum Gasteiger partial charge on any atom is -0.369 e. The van der Waals surface area contributed by atoms with E-state index >= 15 is 0 Å². The lowest BCUT2D eigenvalue weighted by atomic mass is 10.1. The molecule has 31 heavy (non-hydrogen) atoms. The number of hydrogen-bond donors (Lipinski definition) is 2. The Labute approximate surface area is 182 Å². The summed E-state index contributed by atoms with van der Waals surface area (Å²) in [6.07, 6.45) is 1.46. The smallest absolute Gasteiger partial charge is 0.321 e. The molecule has 3 N–H and O–H groups in total. The van der Waals surface area contributed by atoms with E-state index in [9.17, 15) is 13.2 Å². The second kappa shape index (κ2) is 8.22. The fourth-order valence-corrected chi connectivity index (χ4v) is 5.41. The van der Waals surface area contributed by atoms with Gasteiger partial charge >= 0.3 is 6.03 Å². The largest absolute Gasteiger partial charge is 0.369 e. The van der Waals surface area contributed by atoms with Crippen LogP contribution in [0.15, 0.2) is 52.4 Å². The molecule has 9 heteroatoms. The Bertz CT molecular complexity index is 1150. The average molecular weight is 442 g/mol. The summed E-state index contributed by atoms with van der Waals surface area (Å²) in [5.41, 5.74) is 9.62. The van der Waals surface area contributed by atoms with E-state index in [4.69, 9.17) is 5.73 Å². The molecule has 2 aliphatic rings. The first-order valence-corrected chi connectivity index (χ1v) is 11.9. The molecular weight excluding hydrogens is 414 g/mol. The van der Waals surface area contributed by atoms with Crippen LogP contribution in [0.1, 0.15) is 36.1 Å². The highest BCUT2D eigenvalue weighted by atomic mass is 32.2. The topological polar surface area (TPSA) is 108 Å². The van der Waals surface area contributed by atoms with Crippen molar-refractivity contribution in [1.82, 2.24) is 9.62 Å². The first-order valence-electron chi connectivity index (χ1n) is 10.4. The maximum atomic E-state index is 13.3. The van der Waals surface area contributed by atoms with Crippen LogP contribution in [0.2, 0.25) is 0 Å². The molecule has 0 fully saturated rings. The van der Waals surface area contributed by atoms with Crippen molar-refractivity contribution in [3.05, 3.63) is 59.2 Å². The van der Waals surface area contributed by atoms with Crippen LogP contribution in [-0.2, 0) is 16.4 Å². The molecule has 2 aromatic carbocycles. The summed E-state index contributed by atoms with van der Waals surface area (Å²) in [5, 5.41) is 2.86. The van der Waals surface area contributed by atoms with Crippen LogP contribution in [-0.4, -0.2) is 44.3 Å².